The molecule has 1 heterocycles. The smallest absolute Gasteiger partial charge is 0.131 e. The Kier molecular flexibility index (Phi) is 5.16. The van der Waals surface area contributed by atoms with Gasteiger partial charge in [-0.1, -0.05) is 6.07 Å². The van der Waals surface area contributed by atoms with Gasteiger partial charge in [-0.25, -0.2) is 4.39 Å². The summed E-state index contributed by atoms with van der Waals surface area (Å²) < 4.78 is 24.7. The van der Waals surface area contributed by atoms with Crippen LogP contribution in [-0.2, 0) is 4.74 Å². The van der Waals surface area contributed by atoms with Crippen molar-refractivity contribution in [2.45, 2.75) is 37.8 Å². The Morgan fingerprint density at radius 2 is 2.37 bits per heavy atom. The fraction of sp³-hybridized carbons (Fsp3) is 0.600. The lowest BCUT2D eigenvalue weighted by atomic mass is 9.99. The molecule has 0 aliphatic carbocycles. The van der Waals surface area contributed by atoms with Gasteiger partial charge < -0.3 is 14.8 Å². The highest BCUT2D eigenvalue weighted by atomic mass is 19.1. The van der Waals surface area contributed by atoms with E-state index in [1.165, 1.54) is 6.07 Å². The molecule has 19 heavy (non-hydrogen) atoms. The highest BCUT2D eigenvalue weighted by molar-refractivity contribution is 5.30. The van der Waals surface area contributed by atoms with Crippen LogP contribution in [0.3, 0.4) is 0 Å². The molecule has 1 aliphatic heterocycles. The zero-order chi connectivity index (χ0) is 13.7. The minimum atomic E-state index is -0.217. The second kappa shape index (κ2) is 6.87. The molecule has 0 bridgehead atoms. The molecule has 0 saturated carbocycles. The molecule has 3 nitrogen and oxygen atoms in total. The van der Waals surface area contributed by atoms with Crippen LogP contribution in [-0.4, -0.2) is 26.9 Å². The topological polar surface area (TPSA) is 30.5 Å². The van der Waals surface area contributed by atoms with Gasteiger partial charge in [-0.15, -0.1) is 0 Å². The monoisotopic (exact) mass is 267 g/mol. The van der Waals surface area contributed by atoms with Gasteiger partial charge in [-0.05, 0) is 38.8 Å². The molecule has 106 valence electrons. The minimum absolute atomic E-state index is 0.0232. The quantitative estimate of drug-likeness (QED) is 0.859. The highest BCUT2D eigenvalue weighted by Crippen LogP contribution is 2.27. The molecule has 1 aliphatic rings. The summed E-state index contributed by atoms with van der Waals surface area (Å²) in [6, 6.07) is 5.06. The molecule has 2 rings (SSSR count). The van der Waals surface area contributed by atoms with Gasteiger partial charge in [0.05, 0.1) is 13.2 Å². The normalized spacial score (nSPS) is 20.5. The SMILES string of the molecule is CNC(CCC1CCCO1)c1ccc(OC)cc1F. The van der Waals surface area contributed by atoms with Gasteiger partial charge in [0.1, 0.15) is 11.6 Å². The Labute approximate surface area is 114 Å². The van der Waals surface area contributed by atoms with Gasteiger partial charge in [0.2, 0.25) is 0 Å². The van der Waals surface area contributed by atoms with Crippen LogP contribution in [0, 0.1) is 5.82 Å². The van der Waals surface area contributed by atoms with Crippen LogP contribution in [0.15, 0.2) is 18.2 Å². The van der Waals surface area contributed by atoms with Crippen LogP contribution < -0.4 is 10.1 Å². The first-order chi connectivity index (χ1) is 9.24. The first-order valence-corrected chi connectivity index (χ1v) is 6.87. The van der Waals surface area contributed by atoms with E-state index in [-0.39, 0.29) is 11.9 Å². The molecule has 1 aromatic carbocycles. The average molecular weight is 267 g/mol. The maximum atomic E-state index is 14.0. The molecule has 1 fully saturated rings. The van der Waals surface area contributed by atoms with E-state index in [0.717, 1.165) is 32.3 Å². The maximum absolute atomic E-state index is 14.0. The van der Waals surface area contributed by atoms with Crippen molar-refractivity contribution in [1.29, 1.82) is 0 Å². The Bertz CT molecular complexity index is 405. The summed E-state index contributed by atoms with van der Waals surface area (Å²) in [6.07, 6.45) is 4.46. The third kappa shape index (κ3) is 3.67. The maximum Gasteiger partial charge on any atom is 0.131 e. The highest BCUT2D eigenvalue weighted by Gasteiger charge is 2.20. The summed E-state index contributed by atoms with van der Waals surface area (Å²) in [5.74, 6) is 0.335. The van der Waals surface area contributed by atoms with Gasteiger partial charge in [0, 0.05) is 24.3 Å². The summed E-state index contributed by atoms with van der Waals surface area (Å²) in [4.78, 5) is 0. The number of halogens is 1. The lowest BCUT2D eigenvalue weighted by molar-refractivity contribution is 0.0997. The molecule has 1 aromatic rings. The van der Waals surface area contributed by atoms with Crippen molar-refractivity contribution in [2.75, 3.05) is 20.8 Å². The van der Waals surface area contributed by atoms with E-state index in [4.69, 9.17) is 9.47 Å². The summed E-state index contributed by atoms with van der Waals surface area (Å²) in [5, 5.41) is 3.18. The average Bonchev–Trinajstić information content (AvgIpc) is 2.94. The summed E-state index contributed by atoms with van der Waals surface area (Å²) in [5.41, 5.74) is 0.696. The van der Waals surface area contributed by atoms with E-state index in [2.05, 4.69) is 5.32 Å². The third-order valence-corrected chi connectivity index (χ3v) is 3.73. The van der Waals surface area contributed by atoms with Gasteiger partial charge in [-0.3, -0.25) is 0 Å². The summed E-state index contributed by atoms with van der Waals surface area (Å²) in [7, 11) is 3.41. The van der Waals surface area contributed by atoms with Crippen molar-refractivity contribution in [3.63, 3.8) is 0 Å². The number of hydrogen-bond acceptors (Lipinski definition) is 3. The van der Waals surface area contributed by atoms with Gasteiger partial charge in [-0.2, -0.15) is 0 Å². The Balaban J connectivity index is 1.99. The van der Waals surface area contributed by atoms with Gasteiger partial charge >= 0.3 is 0 Å². The van der Waals surface area contributed by atoms with E-state index in [1.807, 2.05) is 7.05 Å². The summed E-state index contributed by atoms with van der Waals surface area (Å²) in [6.45, 7) is 0.867. The first kappa shape index (κ1) is 14.3. The molecular formula is C15H22FNO2. The van der Waals surface area contributed by atoms with Gasteiger partial charge in [0.15, 0.2) is 0 Å². The Hall–Kier alpha value is -1.13. The van der Waals surface area contributed by atoms with Crippen molar-refractivity contribution < 1.29 is 13.9 Å². The van der Waals surface area contributed by atoms with E-state index in [1.54, 1.807) is 19.2 Å². The van der Waals surface area contributed by atoms with Crippen LogP contribution in [0.2, 0.25) is 0 Å². The fourth-order valence-corrected chi connectivity index (χ4v) is 2.60. The number of nitrogens with one attached hydrogen (secondary N) is 1. The molecule has 1 N–H and O–H groups in total. The van der Waals surface area contributed by atoms with E-state index < -0.39 is 0 Å². The Morgan fingerprint density at radius 1 is 1.53 bits per heavy atom. The van der Waals surface area contributed by atoms with Crippen molar-refractivity contribution in [2.24, 2.45) is 0 Å². The number of ether oxygens (including phenoxy) is 2. The number of rotatable bonds is 6. The number of benzene rings is 1. The molecule has 0 spiro atoms. The van der Waals surface area contributed by atoms with E-state index in [0.29, 0.717) is 17.4 Å². The fourth-order valence-electron chi connectivity index (χ4n) is 2.60. The Morgan fingerprint density at radius 3 is 2.95 bits per heavy atom. The van der Waals surface area contributed by atoms with Crippen LogP contribution in [0.25, 0.3) is 0 Å². The zero-order valence-electron chi connectivity index (χ0n) is 11.6. The number of methoxy groups -OCH3 is 1. The first-order valence-electron chi connectivity index (χ1n) is 6.87. The third-order valence-electron chi connectivity index (χ3n) is 3.73. The summed E-state index contributed by atoms with van der Waals surface area (Å²) >= 11 is 0. The van der Waals surface area contributed by atoms with Crippen molar-refractivity contribution in [3.05, 3.63) is 29.6 Å². The molecule has 0 radical (unpaired) electrons. The lowest BCUT2D eigenvalue weighted by Crippen LogP contribution is -2.20. The molecule has 1 saturated heterocycles. The van der Waals surface area contributed by atoms with Crippen LogP contribution in [0.5, 0.6) is 5.75 Å². The van der Waals surface area contributed by atoms with E-state index >= 15 is 0 Å². The van der Waals surface area contributed by atoms with Crippen molar-refractivity contribution in [3.8, 4) is 5.75 Å². The predicted octanol–water partition coefficient (Wildman–Crippen LogP) is 3.05. The number of hydrogen-bond donors (Lipinski definition) is 1. The molecular weight excluding hydrogens is 245 g/mol. The molecule has 4 heteroatoms. The predicted molar refractivity (Wildman–Crippen MR) is 73.0 cm³/mol. The minimum Gasteiger partial charge on any atom is -0.497 e. The second-order valence-corrected chi connectivity index (χ2v) is 4.94. The molecule has 2 atom stereocenters. The molecule has 0 aromatic heterocycles. The standard InChI is InChI=1S/C15H22FNO2/c1-17-15(8-6-11-4-3-9-19-11)13-7-5-12(18-2)10-14(13)16/h5,7,10-11,15,17H,3-4,6,8-9H2,1-2H3. The molecule has 2 unspecified atom stereocenters. The van der Waals surface area contributed by atoms with Crippen LogP contribution >= 0.6 is 0 Å². The second-order valence-electron chi connectivity index (χ2n) is 4.94. The largest absolute Gasteiger partial charge is 0.497 e. The zero-order valence-corrected chi connectivity index (χ0v) is 11.6. The lowest BCUT2D eigenvalue weighted by Gasteiger charge is -2.19. The van der Waals surface area contributed by atoms with E-state index in [9.17, 15) is 4.39 Å². The van der Waals surface area contributed by atoms with Gasteiger partial charge in [0.25, 0.3) is 0 Å². The van der Waals surface area contributed by atoms with Crippen LogP contribution in [0.1, 0.15) is 37.3 Å². The molecule has 0 amide bonds. The van der Waals surface area contributed by atoms with Crippen molar-refractivity contribution in [1.82, 2.24) is 5.32 Å². The van der Waals surface area contributed by atoms with Crippen LogP contribution in [0.4, 0.5) is 4.39 Å². The van der Waals surface area contributed by atoms with Crippen molar-refractivity contribution >= 4 is 0 Å².